The molecule has 94 valence electrons. The number of nitrogens with zero attached hydrogens (tertiary/aromatic N) is 3. The first-order valence-corrected chi connectivity index (χ1v) is 6.92. The lowest BCUT2D eigenvalue weighted by Crippen LogP contribution is -2.06. The number of nitrogens with one attached hydrogen (secondary N) is 2. The second kappa shape index (κ2) is 4.89. The van der Waals surface area contributed by atoms with Gasteiger partial charge in [0.25, 0.3) is 0 Å². The summed E-state index contributed by atoms with van der Waals surface area (Å²) in [5.74, 6) is 3.24. The fraction of sp³-hybridized carbons (Fsp3) is 0.417. The Hall–Kier alpha value is -1.69. The van der Waals surface area contributed by atoms with E-state index in [4.69, 9.17) is 0 Å². The van der Waals surface area contributed by atoms with Crippen LogP contribution in [0.1, 0.15) is 29.6 Å². The van der Waals surface area contributed by atoms with Gasteiger partial charge in [-0.3, -0.25) is 0 Å². The van der Waals surface area contributed by atoms with E-state index in [1.54, 1.807) is 11.3 Å². The quantitative estimate of drug-likeness (QED) is 0.865. The summed E-state index contributed by atoms with van der Waals surface area (Å²) >= 11 is 1.64. The van der Waals surface area contributed by atoms with Gasteiger partial charge in [-0.25, -0.2) is 15.0 Å². The van der Waals surface area contributed by atoms with Crippen LogP contribution < -0.4 is 10.6 Å². The van der Waals surface area contributed by atoms with Crippen molar-refractivity contribution in [3.8, 4) is 0 Å². The van der Waals surface area contributed by atoms with Crippen LogP contribution in [-0.4, -0.2) is 22.0 Å². The van der Waals surface area contributed by atoms with E-state index in [1.165, 1.54) is 12.8 Å². The van der Waals surface area contributed by atoms with E-state index in [1.807, 2.05) is 24.7 Å². The number of thiazole rings is 1. The highest BCUT2D eigenvalue weighted by Gasteiger charge is 2.27. The average Bonchev–Trinajstić information content (AvgIpc) is 3.13. The van der Waals surface area contributed by atoms with Gasteiger partial charge in [-0.05, 0) is 12.8 Å². The van der Waals surface area contributed by atoms with Crippen molar-refractivity contribution in [1.82, 2.24) is 15.0 Å². The van der Waals surface area contributed by atoms with Crippen LogP contribution in [0.4, 0.5) is 11.6 Å². The molecule has 1 aliphatic rings. The Kier molecular flexibility index (Phi) is 3.10. The Labute approximate surface area is 110 Å². The molecule has 2 aromatic rings. The van der Waals surface area contributed by atoms with Gasteiger partial charge in [0.2, 0.25) is 0 Å². The van der Waals surface area contributed by atoms with E-state index >= 15 is 0 Å². The first kappa shape index (κ1) is 11.4. The Morgan fingerprint density at radius 1 is 1.33 bits per heavy atom. The minimum absolute atomic E-state index is 0.554. The molecule has 18 heavy (non-hydrogen) atoms. The third-order valence-corrected chi connectivity index (χ3v) is 3.63. The fourth-order valence-electron chi connectivity index (χ4n) is 1.72. The number of anilines is 2. The number of hydrogen-bond donors (Lipinski definition) is 2. The molecule has 0 aliphatic heterocycles. The molecule has 0 amide bonds. The van der Waals surface area contributed by atoms with Gasteiger partial charge in [0, 0.05) is 30.6 Å². The van der Waals surface area contributed by atoms with Crippen molar-refractivity contribution < 1.29 is 0 Å². The number of aromatic nitrogens is 3. The predicted molar refractivity (Wildman–Crippen MR) is 73.0 cm³/mol. The minimum Gasteiger partial charge on any atom is -0.373 e. The van der Waals surface area contributed by atoms with Gasteiger partial charge < -0.3 is 10.6 Å². The first-order valence-electron chi connectivity index (χ1n) is 6.04. The largest absolute Gasteiger partial charge is 0.373 e. The summed E-state index contributed by atoms with van der Waals surface area (Å²) in [5.41, 5.74) is 0. The molecule has 1 aliphatic carbocycles. The molecular weight excluding hydrogens is 246 g/mol. The third kappa shape index (κ3) is 2.59. The first-order chi connectivity index (χ1) is 8.85. The van der Waals surface area contributed by atoms with Crippen molar-refractivity contribution in [2.75, 3.05) is 17.7 Å². The summed E-state index contributed by atoms with van der Waals surface area (Å²) in [4.78, 5) is 13.3. The zero-order valence-corrected chi connectivity index (χ0v) is 11.0. The summed E-state index contributed by atoms with van der Waals surface area (Å²) in [6.45, 7) is 0.710. The highest BCUT2D eigenvalue weighted by atomic mass is 32.1. The number of hydrogen-bond acceptors (Lipinski definition) is 6. The Bertz CT molecular complexity index is 521. The van der Waals surface area contributed by atoms with Gasteiger partial charge in [0.1, 0.15) is 22.5 Å². The summed E-state index contributed by atoms with van der Waals surface area (Å²) < 4.78 is 0. The standard InChI is InChI=1S/C12H15N5S/c1-13-9-6-10(15-7-11-14-4-5-18-11)17-12(16-9)8-2-3-8/h4-6,8H,2-3,7H2,1H3,(H2,13,15,16,17). The van der Waals surface area contributed by atoms with Crippen molar-refractivity contribution in [2.45, 2.75) is 25.3 Å². The van der Waals surface area contributed by atoms with Crippen molar-refractivity contribution in [2.24, 2.45) is 0 Å². The van der Waals surface area contributed by atoms with Crippen molar-refractivity contribution >= 4 is 23.0 Å². The smallest absolute Gasteiger partial charge is 0.136 e. The summed E-state index contributed by atoms with van der Waals surface area (Å²) in [7, 11) is 1.88. The molecule has 0 aromatic carbocycles. The Morgan fingerprint density at radius 2 is 2.17 bits per heavy atom. The van der Waals surface area contributed by atoms with Gasteiger partial charge in [-0.1, -0.05) is 0 Å². The molecule has 1 saturated carbocycles. The molecule has 0 saturated heterocycles. The Balaban J connectivity index is 1.75. The van der Waals surface area contributed by atoms with E-state index in [0.717, 1.165) is 22.5 Å². The SMILES string of the molecule is CNc1cc(NCc2nccs2)nc(C2CC2)n1. The molecule has 0 bridgehead atoms. The van der Waals surface area contributed by atoms with E-state index in [9.17, 15) is 0 Å². The second-order valence-electron chi connectivity index (χ2n) is 4.30. The van der Waals surface area contributed by atoms with Gasteiger partial charge in [-0.15, -0.1) is 11.3 Å². The molecule has 2 heterocycles. The monoisotopic (exact) mass is 261 g/mol. The number of rotatable bonds is 5. The molecule has 0 spiro atoms. The van der Waals surface area contributed by atoms with E-state index < -0.39 is 0 Å². The molecule has 0 unspecified atom stereocenters. The topological polar surface area (TPSA) is 62.7 Å². The predicted octanol–water partition coefficient (Wildman–Crippen LogP) is 2.46. The molecule has 2 aromatic heterocycles. The highest BCUT2D eigenvalue weighted by Crippen LogP contribution is 2.38. The van der Waals surface area contributed by atoms with E-state index in [0.29, 0.717) is 12.5 Å². The lowest BCUT2D eigenvalue weighted by Gasteiger charge is -2.08. The average molecular weight is 261 g/mol. The van der Waals surface area contributed by atoms with Crippen LogP contribution in [0, 0.1) is 0 Å². The van der Waals surface area contributed by atoms with E-state index in [-0.39, 0.29) is 0 Å². The van der Waals surface area contributed by atoms with Crippen LogP contribution in [0.2, 0.25) is 0 Å². The van der Waals surface area contributed by atoms with Gasteiger partial charge in [-0.2, -0.15) is 0 Å². The van der Waals surface area contributed by atoms with Crippen LogP contribution in [0.15, 0.2) is 17.6 Å². The maximum Gasteiger partial charge on any atom is 0.136 e. The maximum atomic E-state index is 4.56. The zero-order chi connectivity index (χ0) is 12.4. The van der Waals surface area contributed by atoms with Crippen LogP contribution >= 0.6 is 11.3 Å². The van der Waals surface area contributed by atoms with Crippen molar-refractivity contribution in [1.29, 1.82) is 0 Å². The van der Waals surface area contributed by atoms with Crippen LogP contribution in [0.5, 0.6) is 0 Å². The van der Waals surface area contributed by atoms with Crippen LogP contribution in [0.25, 0.3) is 0 Å². The molecule has 2 N–H and O–H groups in total. The molecule has 3 rings (SSSR count). The third-order valence-electron chi connectivity index (χ3n) is 2.85. The van der Waals surface area contributed by atoms with Crippen molar-refractivity contribution in [3.63, 3.8) is 0 Å². The molecule has 6 heteroatoms. The van der Waals surface area contributed by atoms with Crippen molar-refractivity contribution in [3.05, 3.63) is 28.5 Å². The lowest BCUT2D eigenvalue weighted by atomic mass is 10.3. The van der Waals surface area contributed by atoms with Gasteiger partial charge in [0.15, 0.2) is 0 Å². The second-order valence-corrected chi connectivity index (χ2v) is 5.28. The highest BCUT2D eigenvalue weighted by molar-refractivity contribution is 7.09. The van der Waals surface area contributed by atoms with Crippen LogP contribution in [0.3, 0.4) is 0 Å². The molecule has 0 radical (unpaired) electrons. The zero-order valence-electron chi connectivity index (χ0n) is 10.2. The van der Waals surface area contributed by atoms with Crippen LogP contribution in [-0.2, 0) is 6.54 Å². The molecule has 1 fully saturated rings. The van der Waals surface area contributed by atoms with Gasteiger partial charge >= 0.3 is 0 Å². The summed E-state index contributed by atoms with van der Waals surface area (Å²) in [6.07, 6.45) is 4.23. The minimum atomic E-state index is 0.554. The summed E-state index contributed by atoms with van der Waals surface area (Å²) in [5, 5.41) is 9.42. The molecule has 5 nitrogen and oxygen atoms in total. The lowest BCUT2D eigenvalue weighted by molar-refractivity contribution is 0.922. The molecular formula is C12H15N5S. The van der Waals surface area contributed by atoms with Gasteiger partial charge in [0.05, 0.1) is 6.54 Å². The maximum absolute atomic E-state index is 4.56. The summed E-state index contributed by atoms with van der Waals surface area (Å²) in [6, 6.07) is 1.93. The Morgan fingerprint density at radius 3 is 2.83 bits per heavy atom. The normalized spacial score (nSPS) is 14.5. The fourth-order valence-corrected chi connectivity index (χ4v) is 2.27. The molecule has 0 atom stereocenters. The van der Waals surface area contributed by atoms with E-state index in [2.05, 4.69) is 25.6 Å².